The van der Waals surface area contributed by atoms with Gasteiger partial charge in [0.1, 0.15) is 23.1 Å². The number of hydrogen-bond donors (Lipinski definition) is 1. The number of anilines is 3. The Labute approximate surface area is 193 Å². The number of benzene rings is 3. The number of carbonyl (C=O) groups excluding carboxylic acids is 3. The minimum atomic E-state index is -1.78. The maximum Gasteiger partial charge on any atom is 0.252 e. The van der Waals surface area contributed by atoms with Crippen LogP contribution >= 0.6 is 0 Å². The molecule has 1 atom stereocenters. The minimum absolute atomic E-state index is 0.0342. The van der Waals surface area contributed by atoms with Crippen LogP contribution in [0.25, 0.3) is 0 Å². The maximum absolute atomic E-state index is 13.8. The van der Waals surface area contributed by atoms with Gasteiger partial charge in [-0.15, -0.1) is 0 Å². The highest BCUT2D eigenvalue weighted by Crippen LogP contribution is 2.39. The van der Waals surface area contributed by atoms with Crippen LogP contribution in [0, 0.1) is 17.6 Å². The fraction of sp³-hybridized carbons (Fsp3) is 0.160. The third kappa shape index (κ3) is 3.96. The first-order valence-electron chi connectivity index (χ1n) is 10.4. The van der Waals surface area contributed by atoms with E-state index in [1.807, 2.05) is 0 Å². The van der Waals surface area contributed by atoms with Crippen LogP contribution < -0.4 is 14.5 Å². The van der Waals surface area contributed by atoms with Gasteiger partial charge in [-0.2, -0.15) is 0 Å². The number of nitrogens with zero attached hydrogens (tertiary/aromatic N) is 2. The van der Waals surface area contributed by atoms with E-state index in [9.17, 15) is 28.3 Å². The molecule has 9 heteroatoms. The van der Waals surface area contributed by atoms with Gasteiger partial charge < -0.3 is 14.7 Å². The molecule has 3 aromatic carbocycles. The van der Waals surface area contributed by atoms with Crippen molar-refractivity contribution in [2.75, 3.05) is 23.5 Å². The molecule has 1 N–H and O–H groups in total. The van der Waals surface area contributed by atoms with Gasteiger partial charge in [0.25, 0.3) is 5.91 Å². The number of ketones is 1. The second-order valence-corrected chi connectivity index (χ2v) is 7.58. The predicted octanol–water partition coefficient (Wildman–Crippen LogP) is 4.21. The van der Waals surface area contributed by atoms with E-state index < -0.39 is 35.1 Å². The summed E-state index contributed by atoms with van der Waals surface area (Å²) < 4.78 is 32.9. The molecule has 1 aliphatic heterocycles. The highest BCUT2D eigenvalue weighted by Gasteiger charge is 2.46. The quantitative estimate of drug-likeness (QED) is 0.570. The molecule has 7 nitrogen and oxygen atoms in total. The molecular weight excluding hydrogens is 446 g/mol. The summed E-state index contributed by atoms with van der Waals surface area (Å²) in [6.45, 7) is 1.53. The summed E-state index contributed by atoms with van der Waals surface area (Å²) in [5.74, 6) is -5.70. The number of Topliss-reactive ketones (excluding diaryl/α,β-unsaturated/α-hetero) is 1. The normalized spacial score (nSPS) is 15.2. The number of carbonyl (C=O) groups is 3. The number of fused-ring (bicyclic) bond motifs is 1. The summed E-state index contributed by atoms with van der Waals surface area (Å²) in [4.78, 5) is 42.7. The molecule has 0 bridgehead atoms. The highest BCUT2D eigenvalue weighted by atomic mass is 19.1. The lowest BCUT2D eigenvalue weighted by molar-refractivity contribution is -0.129. The Hall–Kier alpha value is -4.27. The summed E-state index contributed by atoms with van der Waals surface area (Å²) in [5.41, 5.74) is 0.516. The molecule has 0 aromatic heterocycles. The fourth-order valence-electron chi connectivity index (χ4n) is 3.95. The number of aromatic hydroxyl groups is 1. The molecule has 0 aliphatic carbocycles. The van der Waals surface area contributed by atoms with Gasteiger partial charge in [0, 0.05) is 35.6 Å². The van der Waals surface area contributed by atoms with Crippen molar-refractivity contribution in [1.29, 1.82) is 0 Å². The largest absolute Gasteiger partial charge is 0.508 e. The molecule has 34 heavy (non-hydrogen) atoms. The van der Waals surface area contributed by atoms with E-state index in [0.29, 0.717) is 17.5 Å². The fourth-order valence-corrected chi connectivity index (χ4v) is 3.95. The van der Waals surface area contributed by atoms with Crippen LogP contribution in [-0.4, -0.2) is 36.4 Å². The van der Waals surface area contributed by atoms with Gasteiger partial charge in [0.15, 0.2) is 11.7 Å². The molecule has 0 fully saturated rings. The molecule has 0 saturated heterocycles. The van der Waals surface area contributed by atoms with Gasteiger partial charge in [-0.1, -0.05) is 0 Å². The Bertz CT molecular complexity index is 1270. The van der Waals surface area contributed by atoms with E-state index in [1.54, 1.807) is 6.92 Å². The lowest BCUT2D eigenvalue weighted by Gasteiger charge is -2.35. The number of rotatable bonds is 5. The van der Waals surface area contributed by atoms with Crippen molar-refractivity contribution in [3.8, 4) is 11.5 Å². The second-order valence-electron chi connectivity index (χ2n) is 7.58. The molecule has 174 valence electrons. The van der Waals surface area contributed by atoms with Gasteiger partial charge in [-0.25, -0.2) is 8.78 Å². The van der Waals surface area contributed by atoms with Gasteiger partial charge >= 0.3 is 0 Å². The van der Waals surface area contributed by atoms with E-state index in [1.165, 1.54) is 54.5 Å². The monoisotopic (exact) mass is 466 g/mol. The first kappa shape index (κ1) is 22.9. The summed E-state index contributed by atoms with van der Waals surface area (Å²) in [7, 11) is 1.43. The van der Waals surface area contributed by atoms with Crippen LogP contribution in [0.4, 0.5) is 25.8 Å². The maximum atomic E-state index is 13.8. The van der Waals surface area contributed by atoms with E-state index in [2.05, 4.69) is 0 Å². The van der Waals surface area contributed by atoms with Gasteiger partial charge in [-0.3, -0.25) is 19.3 Å². The number of halogens is 2. The Morgan fingerprint density at radius 1 is 1.03 bits per heavy atom. The Balaban J connectivity index is 1.84. The van der Waals surface area contributed by atoms with Crippen molar-refractivity contribution in [1.82, 2.24) is 0 Å². The zero-order valence-electron chi connectivity index (χ0n) is 18.3. The molecule has 3 aromatic rings. The topological polar surface area (TPSA) is 87.2 Å². The average molecular weight is 466 g/mol. The highest BCUT2D eigenvalue weighted by molar-refractivity contribution is 6.34. The van der Waals surface area contributed by atoms with Crippen molar-refractivity contribution in [2.45, 2.75) is 6.92 Å². The number of ether oxygens (including phenoxy) is 1. The molecule has 4 rings (SSSR count). The Kier molecular flexibility index (Phi) is 6.02. The zero-order valence-corrected chi connectivity index (χ0v) is 18.3. The standard InChI is InChI=1S/C25H20F2N2O5/c1-3-28(17-11-14(26)10-15(27)12-17)24(32)22-23(31)20-9-8-19(34-2)13-21(20)29(25(22)33)16-4-6-18(30)7-5-16/h4-13,22,30H,3H2,1-2H3. The molecule has 1 unspecified atom stereocenters. The van der Waals surface area contributed by atoms with Crippen molar-refractivity contribution >= 4 is 34.7 Å². The van der Waals surface area contributed by atoms with E-state index >= 15 is 0 Å². The molecule has 2 amide bonds. The van der Waals surface area contributed by atoms with E-state index in [-0.39, 0.29) is 29.2 Å². The van der Waals surface area contributed by atoms with E-state index in [4.69, 9.17) is 4.74 Å². The van der Waals surface area contributed by atoms with Crippen LogP contribution in [-0.2, 0) is 9.59 Å². The minimum Gasteiger partial charge on any atom is -0.508 e. The van der Waals surface area contributed by atoms with Crippen molar-refractivity contribution in [2.24, 2.45) is 5.92 Å². The summed E-state index contributed by atoms with van der Waals surface area (Å²) >= 11 is 0. The number of hydrogen-bond acceptors (Lipinski definition) is 5. The van der Waals surface area contributed by atoms with Crippen molar-refractivity contribution in [3.63, 3.8) is 0 Å². The third-order valence-corrected chi connectivity index (χ3v) is 5.54. The van der Waals surface area contributed by atoms with Crippen LogP contribution in [0.2, 0.25) is 0 Å². The smallest absolute Gasteiger partial charge is 0.252 e. The SMILES string of the molecule is CCN(C(=O)C1C(=O)c2ccc(OC)cc2N(c2ccc(O)cc2)C1=O)c1cc(F)cc(F)c1. The summed E-state index contributed by atoms with van der Waals surface area (Å²) in [5, 5.41) is 9.66. The molecular formula is C25H20F2N2O5. The van der Waals surface area contributed by atoms with Gasteiger partial charge in [0.05, 0.1) is 12.8 Å². The second kappa shape index (κ2) is 8.93. The van der Waals surface area contributed by atoms with Gasteiger partial charge in [0.2, 0.25) is 5.91 Å². The number of methoxy groups -OCH3 is 1. The van der Waals surface area contributed by atoms with Crippen LogP contribution in [0.1, 0.15) is 17.3 Å². The lowest BCUT2D eigenvalue weighted by Crippen LogP contribution is -2.51. The van der Waals surface area contributed by atoms with E-state index in [0.717, 1.165) is 17.0 Å². The van der Waals surface area contributed by atoms with Crippen molar-refractivity contribution in [3.05, 3.63) is 77.9 Å². The van der Waals surface area contributed by atoms with Gasteiger partial charge in [-0.05, 0) is 55.5 Å². The number of phenols is 1. The zero-order chi connectivity index (χ0) is 24.6. The van der Waals surface area contributed by atoms with Crippen LogP contribution in [0.3, 0.4) is 0 Å². The predicted molar refractivity (Wildman–Crippen MR) is 120 cm³/mol. The Morgan fingerprint density at radius 2 is 1.68 bits per heavy atom. The first-order chi connectivity index (χ1) is 16.2. The molecule has 0 saturated carbocycles. The average Bonchev–Trinajstić information content (AvgIpc) is 2.80. The van der Waals surface area contributed by atoms with Crippen molar-refractivity contribution < 1.29 is 33.0 Å². The Morgan fingerprint density at radius 3 is 2.26 bits per heavy atom. The third-order valence-electron chi connectivity index (χ3n) is 5.54. The number of amides is 2. The van der Waals surface area contributed by atoms with Crippen LogP contribution in [0.15, 0.2) is 60.7 Å². The van der Waals surface area contributed by atoms with Crippen LogP contribution in [0.5, 0.6) is 11.5 Å². The summed E-state index contributed by atoms with van der Waals surface area (Å²) in [6, 6.07) is 12.7. The summed E-state index contributed by atoms with van der Waals surface area (Å²) in [6.07, 6.45) is 0. The first-order valence-corrected chi connectivity index (χ1v) is 10.4. The molecule has 1 aliphatic rings. The molecule has 0 spiro atoms. The lowest BCUT2D eigenvalue weighted by atomic mass is 9.88. The molecule has 0 radical (unpaired) electrons. The molecule has 1 heterocycles. The number of phenolic OH excluding ortho intramolecular Hbond substituents is 1.